The standard InChI is InChI=1S/C21H23FN4/c1-2-26(15-17-8-4-3-5-9-17)21-14-20(24-16-25-21)23-13-12-18-10-6-7-11-19(18)22/h3-11,14,16H,2,12-13,15H2,1H3,(H,23,24,25). The molecule has 0 atom stereocenters. The molecule has 1 heterocycles. The second-order valence-electron chi connectivity index (χ2n) is 6.03. The number of anilines is 2. The normalized spacial score (nSPS) is 10.5. The Morgan fingerprint density at radius 2 is 1.77 bits per heavy atom. The highest BCUT2D eigenvalue weighted by atomic mass is 19.1. The second kappa shape index (κ2) is 8.94. The van der Waals surface area contributed by atoms with Crippen LogP contribution < -0.4 is 10.2 Å². The Balaban J connectivity index is 1.62. The summed E-state index contributed by atoms with van der Waals surface area (Å²) in [5.41, 5.74) is 1.94. The van der Waals surface area contributed by atoms with Gasteiger partial charge in [0.15, 0.2) is 0 Å². The third kappa shape index (κ3) is 4.79. The van der Waals surface area contributed by atoms with Crippen LogP contribution in [0.4, 0.5) is 16.0 Å². The molecule has 0 aliphatic heterocycles. The van der Waals surface area contributed by atoms with Crippen LogP contribution in [0.2, 0.25) is 0 Å². The maximum Gasteiger partial charge on any atom is 0.134 e. The van der Waals surface area contributed by atoms with E-state index in [9.17, 15) is 4.39 Å². The average molecular weight is 350 g/mol. The zero-order chi connectivity index (χ0) is 18.2. The van der Waals surface area contributed by atoms with Gasteiger partial charge in [0.05, 0.1) is 0 Å². The number of benzene rings is 2. The van der Waals surface area contributed by atoms with Gasteiger partial charge >= 0.3 is 0 Å². The first-order valence-electron chi connectivity index (χ1n) is 8.84. The van der Waals surface area contributed by atoms with E-state index in [2.05, 4.69) is 39.2 Å². The van der Waals surface area contributed by atoms with Crippen LogP contribution in [0, 0.1) is 5.82 Å². The Morgan fingerprint density at radius 3 is 2.54 bits per heavy atom. The van der Waals surface area contributed by atoms with Crippen molar-refractivity contribution >= 4 is 11.6 Å². The zero-order valence-corrected chi connectivity index (χ0v) is 14.9. The summed E-state index contributed by atoms with van der Waals surface area (Å²) in [6, 6.07) is 19.1. The third-order valence-electron chi connectivity index (χ3n) is 4.23. The summed E-state index contributed by atoms with van der Waals surface area (Å²) >= 11 is 0. The van der Waals surface area contributed by atoms with Crippen molar-refractivity contribution in [3.63, 3.8) is 0 Å². The summed E-state index contributed by atoms with van der Waals surface area (Å²) in [5, 5.41) is 3.26. The molecule has 0 unspecified atom stereocenters. The van der Waals surface area contributed by atoms with Crippen LogP contribution in [-0.2, 0) is 13.0 Å². The van der Waals surface area contributed by atoms with Gasteiger partial charge in [-0.1, -0.05) is 48.5 Å². The van der Waals surface area contributed by atoms with Crippen LogP contribution in [0.3, 0.4) is 0 Å². The van der Waals surface area contributed by atoms with E-state index in [-0.39, 0.29) is 5.82 Å². The SMILES string of the molecule is CCN(Cc1ccccc1)c1cc(NCCc2ccccc2F)ncn1. The van der Waals surface area contributed by atoms with Gasteiger partial charge in [-0.2, -0.15) is 0 Å². The Labute approximate surface area is 153 Å². The molecular weight excluding hydrogens is 327 g/mol. The lowest BCUT2D eigenvalue weighted by molar-refractivity contribution is 0.610. The minimum Gasteiger partial charge on any atom is -0.370 e. The first-order valence-corrected chi connectivity index (χ1v) is 8.84. The number of hydrogen-bond acceptors (Lipinski definition) is 4. The van der Waals surface area contributed by atoms with Crippen LogP contribution in [-0.4, -0.2) is 23.1 Å². The van der Waals surface area contributed by atoms with Crippen LogP contribution in [0.25, 0.3) is 0 Å². The molecule has 0 saturated carbocycles. The fourth-order valence-electron chi connectivity index (χ4n) is 2.80. The van der Waals surface area contributed by atoms with Crippen molar-refractivity contribution in [2.45, 2.75) is 19.9 Å². The minimum absolute atomic E-state index is 0.169. The summed E-state index contributed by atoms with van der Waals surface area (Å²) in [7, 11) is 0. The molecule has 0 aliphatic rings. The molecule has 134 valence electrons. The van der Waals surface area contributed by atoms with Gasteiger partial charge in [-0.25, -0.2) is 14.4 Å². The summed E-state index contributed by atoms with van der Waals surface area (Å²) in [5.74, 6) is 1.45. The summed E-state index contributed by atoms with van der Waals surface area (Å²) in [4.78, 5) is 10.9. The van der Waals surface area contributed by atoms with E-state index in [4.69, 9.17) is 0 Å². The van der Waals surface area contributed by atoms with Crippen LogP contribution in [0.15, 0.2) is 67.0 Å². The maximum atomic E-state index is 13.7. The molecule has 0 aliphatic carbocycles. The molecule has 26 heavy (non-hydrogen) atoms. The predicted molar refractivity (Wildman–Crippen MR) is 104 cm³/mol. The first-order chi connectivity index (χ1) is 12.8. The topological polar surface area (TPSA) is 41.0 Å². The predicted octanol–water partition coefficient (Wildman–Crippen LogP) is 4.30. The molecule has 0 fully saturated rings. The molecule has 0 bridgehead atoms. The van der Waals surface area contributed by atoms with Crippen molar-refractivity contribution in [3.8, 4) is 0 Å². The molecule has 0 saturated heterocycles. The Kier molecular flexibility index (Phi) is 6.14. The van der Waals surface area contributed by atoms with Gasteiger partial charge < -0.3 is 10.2 Å². The number of nitrogens with zero attached hydrogens (tertiary/aromatic N) is 3. The van der Waals surface area contributed by atoms with Gasteiger partial charge in [0.25, 0.3) is 0 Å². The minimum atomic E-state index is -0.169. The van der Waals surface area contributed by atoms with E-state index in [1.807, 2.05) is 30.3 Å². The van der Waals surface area contributed by atoms with Gasteiger partial charge in [-0.15, -0.1) is 0 Å². The first kappa shape index (κ1) is 17.9. The van der Waals surface area contributed by atoms with Crippen molar-refractivity contribution in [1.29, 1.82) is 0 Å². The highest BCUT2D eigenvalue weighted by Gasteiger charge is 2.08. The molecule has 3 rings (SSSR count). The van der Waals surface area contributed by atoms with E-state index < -0.39 is 0 Å². The Hall–Kier alpha value is -2.95. The largest absolute Gasteiger partial charge is 0.370 e. The van der Waals surface area contributed by atoms with Gasteiger partial charge in [0.2, 0.25) is 0 Å². The van der Waals surface area contributed by atoms with Crippen molar-refractivity contribution in [1.82, 2.24) is 9.97 Å². The number of nitrogens with one attached hydrogen (secondary N) is 1. The highest BCUT2D eigenvalue weighted by molar-refractivity contribution is 5.48. The van der Waals surface area contributed by atoms with Crippen molar-refractivity contribution in [3.05, 3.63) is 83.9 Å². The smallest absolute Gasteiger partial charge is 0.134 e. The van der Waals surface area contributed by atoms with E-state index in [1.54, 1.807) is 18.5 Å². The summed E-state index contributed by atoms with van der Waals surface area (Å²) in [6.07, 6.45) is 2.17. The van der Waals surface area contributed by atoms with E-state index >= 15 is 0 Å². The quantitative estimate of drug-likeness (QED) is 0.658. The summed E-state index contributed by atoms with van der Waals surface area (Å²) in [6.45, 7) is 4.36. The molecule has 0 amide bonds. The molecule has 0 radical (unpaired) electrons. The molecule has 1 aromatic heterocycles. The lowest BCUT2D eigenvalue weighted by Gasteiger charge is -2.22. The molecular formula is C21H23FN4. The number of hydrogen-bond donors (Lipinski definition) is 1. The Morgan fingerprint density at radius 1 is 1.00 bits per heavy atom. The molecule has 4 nitrogen and oxygen atoms in total. The second-order valence-corrected chi connectivity index (χ2v) is 6.03. The lowest BCUT2D eigenvalue weighted by Crippen LogP contribution is -2.23. The molecule has 0 spiro atoms. The van der Waals surface area contributed by atoms with E-state index in [0.29, 0.717) is 18.5 Å². The molecule has 1 N–H and O–H groups in total. The van der Waals surface area contributed by atoms with Gasteiger partial charge in [-0.05, 0) is 30.5 Å². The van der Waals surface area contributed by atoms with E-state index in [1.165, 1.54) is 11.6 Å². The number of halogens is 1. The van der Waals surface area contributed by atoms with Gasteiger partial charge in [-0.3, -0.25) is 0 Å². The highest BCUT2D eigenvalue weighted by Crippen LogP contribution is 2.17. The third-order valence-corrected chi connectivity index (χ3v) is 4.23. The molecule has 2 aromatic carbocycles. The van der Waals surface area contributed by atoms with Gasteiger partial charge in [0.1, 0.15) is 23.8 Å². The average Bonchev–Trinajstić information content (AvgIpc) is 2.69. The van der Waals surface area contributed by atoms with Crippen molar-refractivity contribution in [2.24, 2.45) is 0 Å². The van der Waals surface area contributed by atoms with Gasteiger partial charge in [0, 0.05) is 25.7 Å². The summed E-state index contributed by atoms with van der Waals surface area (Å²) < 4.78 is 13.7. The molecule has 3 aromatic rings. The monoisotopic (exact) mass is 350 g/mol. The fraction of sp³-hybridized carbons (Fsp3) is 0.238. The fourth-order valence-corrected chi connectivity index (χ4v) is 2.80. The lowest BCUT2D eigenvalue weighted by atomic mass is 10.1. The molecule has 5 heteroatoms. The van der Waals surface area contributed by atoms with E-state index in [0.717, 1.165) is 24.7 Å². The zero-order valence-electron chi connectivity index (χ0n) is 14.9. The van der Waals surface area contributed by atoms with Crippen molar-refractivity contribution in [2.75, 3.05) is 23.3 Å². The number of rotatable bonds is 8. The van der Waals surface area contributed by atoms with Crippen LogP contribution in [0.1, 0.15) is 18.1 Å². The van der Waals surface area contributed by atoms with Crippen LogP contribution in [0.5, 0.6) is 0 Å². The van der Waals surface area contributed by atoms with Crippen molar-refractivity contribution < 1.29 is 4.39 Å². The number of aromatic nitrogens is 2. The maximum absolute atomic E-state index is 13.7. The van der Waals surface area contributed by atoms with Crippen LogP contribution >= 0.6 is 0 Å². The Bertz CT molecular complexity index is 823.